The summed E-state index contributed by atoms with van der Waals surface area (Å²) in [4.78, 5) is 16.9. The first kappa shape index (κ1) is 15.0. The van der Waals surface area contributed by atoms with Crippen LogP contribution in [0.1, 0.15) is 27.7 Å². The van der Waals surface area contributed by atoms with Crippen LogP contribution in [0.2, 0.25) is 5.02 Å². The van der Waals surface area contributed by atoms with Gasteiger partial charge in [-0.25, -0.2) is 0 Å². The van der Waals surface area contributed by atoms with E-state index in [0.717, 1.165) is 22.1 Å². The van der Waals surface area contributed by atoms with E-state index >= 15 is 0 Å². The number of halogens is 1. The van der Waals surface area contributed by atoms with Gasteiger partial charge in [-0.15, -0.1) is 11.3 Å². The minimum Gasteiger partial charge on any atom is -0.347 e. The normalized spacial score (nSPS) is 10.8. The summed E-state index contributed by atoms with van der Waals surface area (Å²) < 4.78 is 1.05. The zero-order valence-electron chi connectivity index (χ0n) is 12.1. The average Bonchev–Trinajstić information content (AvgIpc) is 2.90. The summed E-state index contributed by atoms with van der Waals surface area (Å²) >= 11 is 7.81. The Bertz CT molecular complexity index is 814. The van der Waals surface area contributed by atoms with Crippen molar-refractivity contribution < 1.29 is 4.79 Å². The fraction of sp³-hybridized carbons (Fsp3) is 0.176. The molecule has 3 rings (SSSR count). The molecule has 0 bridgehead atoms. The molecule has 112 valence electrons. The first-order valence-corrected chi connectivity index (χ1v) is 8.26. The van der Waals surface area contributed by atoms with Crippen molar-refractivity contribution in [3.8, 4) is 0 Å². The highest BCUT2D eigenvalue weighted by Gasteiger charge is 2.17. The predicted octanol–water partition coefficient (Wildman–Crippen LogP) is 4.44. The second-order valence-corrected chi connectivity index (χ2v) is 6.40. The molecule has 3 nitrogen and oxygen atoms in total. The van der Waals surface area contributed by atoms with E-state index in [1.54, 1.807) is 12.4 Å². The van der Waals surface area contributed by atoms with Crippen molar-refractivity contribution in [3.63, 3.8) is 0 Å². The third-order valence-electron chi connectivity index (χ3n) is 3.51. The number of benzene rings is 1. The molecule has 0 saturated carbocycles. The number of carbonyl (C=O) groups excluding carboxylic acids is 1. The van der Waals surface area contributed by atoms with E-state index in [1.807, 2.05) is 18.2 Å². The highest BCUT2D eigenvalue weighted by atomic mass is 35.5. The molecular formula is C17H15ClN2OS. The second kappa shape index (κ2) is 6.46. The molecule has 0 saturated heterocycles. The smallest absolute Gasteiger partial charge is 0.263 e. The maximum Gasteiger partial charge on any atom is 0.263 e. The minimum absolute atomic E-state index is 0.138. The lowest BCUT2D eigenvalue weighted by Crippen LogP contribution is -2.22. The molecule has 1 N–H and O–H groups in total. The first-order chi connectivity index (χ1) is 10.7. The largest absolute Gasteiger partial charge is 0.347 e. The van der Waals surface area contributed by atoms with E-state index in [4.69, 9.17) is 11.6 Å². The number of fused-ring (bicyclic) bond motifs is 1. The van der Waals surface area contributed by atoms with Crippen molar-refractivity contribution >= 4 is 38.9 Å². The topological polar surface area (TPSA) is 42.0 Å². The molecule has 0 spiro atoms. The van der Waals surface area contributed by atoms with Gasteiger partial charge in [0.1, 0.15) is 4.88 Å². The van der Waals surface area contributed by atoms with E-state index in [9.17, 15) is 4.79 Å². The van der Waals surface area contributed by atoms with Crippen LogP contribution in [0.25, 0.3) is 10.1 Å². The van der Waals surface area contributed by atoms with Gasteiger partial charge in [0.05, 0.1) is 5.02 Å². The fourth-order valence-electron chi connectivity index (χ4n) is 2.24. The maximum absolute atomic E-state index is 12.4. The highest BCUT2D eigenvalue weighted by Crippen LogP contribution is 2.35. The standard InChI is InChI=1S/C17H15ClN2OS/c1-2-11-3-4-13-14(9-11)22-16(15(13)18)17(21)20-10-12-5-7-19-8-6-12/h3-9H,2,10H2,1H3,(H,20,21). The van der Waals surface area contributed by atoms with E-state index in [0.29, 0.717) is 16.4 Å². The Morgan fingerprint density at radius 3 is 2.73 bits per heavy atom. The van der Waals surface area contributed by atoms with E-state index in [-0.39, 0.29) is 5.91 Å². The molecule has 22 heavy (non-hydrogen) atoms. The number of carbonyl (C=O) groups is 1. The SMILES string of the molecule is CCc1ccc2c(Cl)c(C(=O)NCc3ccncc3)sc2c1. The van der Waals surface area contributed by atoms with Crippen molar-refractivity contribution in [2.45, 2.75) is 19.9 Å². The van der Waals surface area contributed by atoms with Crippen molar-refractivity contribution in [1.29, 1.82) is 0 Å². The van der Waals surface area contributed by atoms with Crippen LogP contribution in [-0.4, -0.2) is 10.9 Å². The lowest BCUT2D eigenvalue weighted by atomic mass is 10.1. The van der Waals surface area contributed by atoms with Crippen LogP contribution >= 0.6 is 22.9 Å². The van der Waals surface area contributed by atoms with Crippen molar-refractivity contribution in [2.24, 2.45) is 0 Å². The van der Waals surface area contributed by atoms with Gasteiger partial charge in [0, 0.05) is 29.0 Å². The number of aryl methyl sites for hydroxylation is 1. The summed E-state index contributed by atoms with van der Waals surface area (Å²) in [5, 5.41) is 4.38. The van der Waals surface area contributed by atoms with Crippen LogP contribution in [0.5, 0.6) is 0 Å². The van der Waals surface area contributed by atoms with E-state index in [1.165, 1.54) is 16.9 Å². The van der Waals surface area contributed by atoms with Gasteiger partial charge in [-0.2, -0.15) is 0 Å². The lowest BCUT2D eigenvalue weighted by molar-refractivity contribution is 0.0955. The highest BCUT2D eigenvalue weighted by molar-refractivity contribution is 7.21. The third kappa shape index (κ3) is 2.98. The van der Waals surface area contributed by atoms with E-state index < -0.39 is 0 Å². The summed E-state index contributed by atoms with van der Waals surface area (Å²) in [5.41, 5.74) is 2.25. The number of amides is 1. The van der Waals surface area contributed by atoms with Crippen LogP contribution in [0, 0.1) is 0 Å². The molecule has 0 aliphatic carbocycles. The van der Waals surface area contributed by atoms with Crippen molar-refractivity contribution in [3.05, 3.63) is 63.8 Å². The zero-order valence-corrected chi connectivity index (χ0v) is 13.7. The van der Waals surface area contributed by atoms with Crippen LogP contribution in [-0.2, 0) is 13.0 Å². The number of aromatic nitrogens is 1. The monoisotopic (exact) mass is 330 g/mol. The molecule has 0 radical (unpaired) electrons. The molecule has 1 aromatic carbocycles. The summed E-state index contributed by atoms with van der Waals surface area (Å²) in [7, 11) is 0. The zero-order chi connectivity index (χ0) is 15.5. The molecule has 2 aromatic heterocycles. The molecule has 0 unspecified atom stereocenters. The number of hydrogen-bond acceptors (Lipinski definition) is 3. The van der Waals surface area contributed by atoms with Crippen molar-refractivity contribution in [1.82, 2.24) is 10.3 Å². The Morgan fingerprint density at radius 2 is 2.00 bits per heavy atom. The Kier molecular flexibility index (Phi) is 4.41. The van der Waals surface area contributed by atoms with Gasteiger partial charge in [0.15, 0.2) is 0 Å². The minimum atomic E-state index is -0.138. The summed E-state index contributed by atoms with van der Waals surface area (Å²) in [6.45, 7) is 2.57. The molecular weight excluding hydrogens is 316 g/mol. The molecule has 5 heteroatoms. The fourth-order valence-corrected chi connectivity index (χ4v) is 3.74. The van der Waals surface area contributed by atoms with Gasteiger partial charge in [-0.05, 0) is 35.7 Å². The summed E-state index contributed by atoms with van der Waals surface area (Å²) in [6, 6.07) is 9.90. The van der Waals surface area contributed by atoms with Crippen LogP contribution in [0.3, 0.4) is 0 Å². The molecule has 1 amide bonds. The molecule has 0 aliphatic heterocycles. The number of hydrogen-bond donors (Lipinski definition) is 1. The Labute approximate surface area is 138 Å². The van der Waals surface area contributed by atoms with Gasteiger partial charge in [0.2, 0.25) is 0 Å². The quantitative estimate of drug-likeness (QED) is 0.768. The van der Waals surface area contributed by atoms with Gasteiger partial charge in [-0.1, -0.05) is 30.7 Å². The Morgan fingerprint density at radius 1 is 1.23 bits per heavy atom. The van der Waals surface area contributed by atoms with Crippen LogP contribution in [0.4, 0.5) is 0 Å². The molecule has 0 atom stereocenters. The van der Waals surface area contributed by atoms with Gasteiger partial charge in [0.25, 0.3) is 5.91 Å². The third-order valence-corrected chi connectivity index (χ3v) is 5.17. The number of nitrogens with one attached hydrogen (secondary N) is 1. The molecule has 2 heterocycles. The Balaban J connectivity index is 1.83. The van der Waals surface area contributed by atoms with Crippen molar-refractivity contribution in [2.75, 3.05) is 0 Å². The predicted molar refractivity (Wildman–Crippen MR) is 91.6 cm³/mol. The molecule has 3 aromatic rings. The van der Waals surface area contributed by atoms with Crippen LogP contribution in [0.15, 0.2) is 42.7 Å². The molecule has 0 fully saturated rings. The van der Waals surface area contributed by atoms with E-state index in [2.05, 4.69) is 29.4 Å². The van der Waals surface area contributed by atoms with Gasteiger partial charge in [-0.3, -0.25) is 9.78 Å². The lowest BCUT2D eigenvalue weighted by Gasteiger charge is -2.03. The van der Waals surface area contributed by atoms with Crippen LogP contribution < -0.4 is 5.32 Å². The summed E-state index contributed by atoms with van der Waals surface area (Å²) in [6.07, 6.45) is 4.38. The maximum atomic E-state index is 12.4. The van der Waals surface area contributed by atoms with Gasteiger partial charge < -0.3 is 5.32 Å². The molecule has 0 aliphatic rings. The number of pyridine rings is 1. The van der Waals surface area contributed by atoms with Gasteiger partial charge >= 0.3 is 0 Å². The average molecular weight is 331 g/mol. The first-order valence-electron chi connectivity index (χ1n) is 7.07. The summed E-state index contributed by atoms with van der Waals surface area (Å²) in [5.74, 6) is -0.138. The number of nitrogens with zero attached hydrogens (tertiary/aromatic N) is 1. The number of rotatable bonds is 4. The second-order valence-electron chi connectivity index (χ2n) is 4.97. The Hall–Kier alpha value is -1.91. The number of thiophene rings is 1.